The molecule has 1 heterocycles. The highest BCUT2D eigenvalue weighted by Crippen LogP contribution is 2.34. The van der Waals surface area contributed by atoms with Crippen LogP contribution < -0.4 is 10.1 Å². The number of nitrogens with zero attached hydrogens (tertiary/aromatic N) is 1. The van der Waals surface area contributed by atoms with Crippen molar-refractivity contribution in [1.82, 2.24) is 10.2 Å². The van der Waals surface area contributed by atoms with E-state index in [-0.39, 0.29) is 6.04 Å². The molecule has 0 radical (unpaired) electrons. The summed E-state index contributed by atoms with van der Waals surface area (Å²) in [5.74, 6) is 0.934. The number of aliphatic hydroxyl groups is 1. The lowest BCUT2D eigenvalue weighted by atomic mass is 9.90. The number of benzene rings is 1. The third-order valence-corrected chi connectivity index (χ3v) is 4.89. The molecule has 124 valence electrons. The van der Waals surface area contributed by atoms with Crippen molar-refractivity contribution in [3.63, 3.8) is 0 Å². The quantitative estimate of drug-likeness (QED) is 0.876. The van der Waals surface area contributed by atoms with Gasteiger partial charge in [0.15, 0.2) is 0 Å². The summed E-state index contributed by atoms with van der Waals surface area (Å²) in [6, 6.07) is 2.19. The Morgan fingerprint density at radius 2 is 1.86 bits per heavy atom. The fourth-order valence-corrected chi connectivity index (χ4v) is 3.36. The first-order valence-electron chi connectivity index (χ1n) is 8.33. The first-order valence-corrected chi connectivity index (χ1v) is 8.33. The molecule has 4 heteroatoms. The van der Waals surface area contributed by atoms with Gasteiger partial charge in [0.05, 0.1) is 12.7 Å². The van der Waals surface area contributed by atoms with Gasteiger partial charge in [-0.25, -0.2) is 0 Å². The van der Waals surface area contributed by atoms with Crippen LogP contribution in [-0.2, 0) is 0 Å². The molecule has 0 bridgehead atoms. The van der Waals surface area contributed by atoms with Crippen LogP contribution in [-0.4, -0.2) is 48.8 Å². The minimum Gasteiger partial charge on any atom is -0.494 e. The number of ether oxygens (including phenoxy) is 1. The number of nitrogens with one attached hydrogen (secondary N) is 1. The van der Waals surface area contributed by atoms with Crippen LogP contribution in [0.1, 0.15) is 42.2 Å². The van der Waals surface area contributed by atoms with Gasteiger partial charge in [-0.15, -0.1) is 0 Å². The van der Waals surface area contributed by atoms with Crippen LogP contribution in [0.25, 0.3) is 0 Å². The van der Waals surface area contributed by atoms with Crippen LogP contribution >= 0.6 is 0 Å². The average molecular weight is 306 g/mol. The van der Waals surface area contributed by atoms with E-state index in [2.05, 4.69) is 44.0 Å². The van der Waals surface area contributed by atoms with Gasteiger partial charge in [0.25, 0.3) is 0 Å². The fourth-order valence-electron chi connectivity index (χ4n) is 3.36. The molecular formula is C18H30N2O2. The lowest BCUT2D eigenvalue weighted by Gasteiger charge is -2.36. The van der Waals surface area contributed by atoms with Gasteiger partial charge in [0.1, 0.15) is 5.75 Å². The predicted octanol–water partition coefficient (Wildman–Crippen LogP) is 2.34. The molecule has 2 unspecified atom stereocenters. The summed E-state index contributed by atoms with van der Waals surface area (Å²) in [5, 5.41) is 14.3. The number of piperazine rings is 1. The molecule has 0 saturated carbocycles. The number of aliphatic hydroxyl groups excluding tert-OH is 1. The molecule has 0 aliphatic carbocycles. The van der Waals surface area contributed by atoms with E-state index in [9.17, 15) is 5.11 Å². The molecule has 2 rings (SSSR count). The Balaban J connectivity index is 2.28. The average Bonchev–Trinajstić information content (AvgIpc) is 2.52. The topological polar surface area (TPSA) is 44.7 Å². The maximum atomic E-state index is 10.9. The van der Waals surface area contributed by atoms with Crippen molar-refractivity contribution >= 4 is 0 Å². The SMILES string of the molecule is CCOc1cc(C)c(C(O)C(C)N2CCNCC2)c(C)c1C. The summed E-state index contributed by atoms with van der Waals surface area (Å²) in [6.07, 6.45) is -0.465. The van der Waals surface area contributed by atoms with Crippen molar-refractivity contribution in [1.29, 1.82) is 0 Å². The molecule has 1 saturated heterocycles. The van der Waals surface area contributed by atoms with E-state index in [1.54, 1.807) is 0 Å². The second kappa shape index (κ2) is 7.44. The first-order chi connectivity index (χ1) is 10.5. The van der Waals surface area contributed by atoms with E-state index < -0.39 is 6.10 Å². The second-order valence-corrected chi connectivity index (χ2v) is 6.26. The van der Waals surface area contributed by atoms with Crippen LogP contribution in [0.5, 0.6) is 5.75 Å². The van der Waals surface area contributed by atoms with Gasteiger partial charge in [0, 0.05) is 32.2 Å². The van der Waals surface area contributed by atoms with Crippen molar-refractivity contribution in [3.8, 4) is 5.75 Å². The van der Waals surface area contributed by atoms with Crippen LogP contribution in [0, 0.1) is 20.8 Å². The summed E-state index contributed by atoms with van der Waals surface area (Å²) < 4.78 is 5.71. The molecule has 1 aliphatic heterocycles. The van der Waals surface area contributed by atoms with Crippen molar-refractivity contribution in [2.75, 3.05) is 32.8 Å². The van der Waals surface area contributed by atoms with E-state index in [4.69, 9.17) is 4.74 Å². The third kappa shape index (κ3) is 3.45. The van der Waals surface area contributed by atoms with Gasteiger partial charge in [-0.3, -0.25) is 4.90 Å². The van der Waals surface area contributed by atoms with Gasteiger partial charge >= 0.3 is 0 Å². The molecule has 1 aliphatic rings. The Morgan fingerprint density at radius 1 is 1.23 bits per heavy atom. The largest absolute Gasteiger partial charge is 0.494 e. The van der Waals surface area contributed by atoms with Crippen molar-refractivity contribution in [2.45, 2.75) is 46.8 Å². The standard InChI is InChI=1S/C18H30N2O2/c1-6-22-16-11-12(2)17(14(4)13(16)3)18(21)15(5)20-9-7-19-8-10-20/h11,15,18-19,21H,6-10H2,1-5H3. The zero-order valence-electron chi connectivity index (χ0n) is 14.6. The molecule has 2 N–H and O–H groups in total. The van der Waals surface area contributed by atoms with Crippen LogP contribution in [0.3, 0.4) is 0 Å². The number of hydrogen-bond acceptors (Lipinski definition) is 4. The summed E-state index contributed by atoms with van der Waals surface area (Å²) in [4.78, 5) is 2.37. The highest BCUT2D eigenvalue weighted by molar-refractivity contribution is 5.49. The van der Waals surface area contributed by atoms with E-state index in [0.717, 1.165) is 54.2 Å². The lowest BCUT2D eigenvalue weighted by Crippen LogP contribution is -2.49. The normalized spacial score (nSPS) is 19.0. The number of hydrogen-bond donors (Lipinski definition) is 2. The molecule has 2 atom stereocenters. The van der Waals surface area contributed by atoms with Crippen LogP contribution in [0.15, 0.2) is 6.07 Å². The zero-order chi connectivity index (χ0) is 16.3. The molecule has 1 aromatic rings. The first kappa shape index (κ1) is 17.3. The third-order valence-electron chi connectivity index (χ3n) is 4.89. The summed E-state index contributed by atoms with van der Waals surface area (Å²) in [6.45, 7) is 15.0. The van der Waals surface area contributed by atoms with E-state index in [1.165, 1.54) is 0 Å². The highest BCUT2D eigenvalue weighted by atomic mass is 16.5. The Kier molecular flexibility index (Phi) is 5.84. The molecular weight excluding hydrogens is 276 g/mol. The lowest BCUT2D eigenvalue weighted by molar-refractivity contribution is 0.0502. The molecule has 4 nitrogen and oxygen atoms in total. The number of aryl methyl sites for hydroxylation is 1. The summed E-state index contributed by atoms with van der Waals surface area (Å²) in [7, 11) is 0. The van der Waals surface area contributed by atoms with Gasteiger partial charge in [-0.1, -0.05) is 0 Å². The molecule has 0 spiro atoms. The van der Waals surface area contributed by atoms with Crippen molar-refractivity contribution in [2.24, 2.45) is 0 Å². The predicted molar refractivity (Wildman–Crippen MR) is 90.7 cm³/mol. The Morgan fingerprint density at radius 3 is 2.45 bits per heavy atom. The van der Waals surface area contributed by atoms with E-state index in [0.29, 0.717) is 6.61 Å². The molecule has 1 fully saturated rings. The minimum atomic E-state index is -0.465. The monoisotopic (exact) mass is 306 g/mol. The molecule has 1 aromatic carbocycles. The van der Waals surface area contributed by atoms with Gasteiger partial charge in [-0.05, 0) is 62.9 Å². The van der Waals surface area contributed by atoms with Gasteiger partial charge in [0.2, 0.25) is 0 Å². The van der Waals surface area contributed by atoms with Crippen molar-refractivity contribution in [3.05, 3.63) is 28.3 Å². The van der Waals surface area contributed by atoms with E-state index in [1.807, 2.05) is 6.92 Å². The van der Waals surface area contributed by atoms with Crippen LogP contribution in [0.4, 0.5) is 0 Å². The Bertz CT molecular complexity index is 510. The van der Waals surface area contributed by atoms with Gasteiger partial charge < -0.3 is 15.2 Å². The van der Waals surface area contributed by atoms with Crippen molar-refractivity contribution < 1.29 is 9.84 Å². The zero-order valence-corrected chi connectivity index (χ0v) is 14.6. The summed E-state index contributed by atoms with van der Waals surface area (Å²) >= 11 is 0. The minimum absolute atomic E-state index is 0.122. The smallest absolute Gasteiger partial charge is 0.122 e. The van der Waals surface area contributed by atoms with Gasteiger partial charge in [-0.2, -0.15) is 0 Å². The molecule has 22 heavy (non-hydrogen) atoms. The van der Waals surface area contributed by atoms with Crippen LogP contribution in [0.2, 0.25) is 0 Å². The maximum absolute atomic E-state index is 10.9. The Labute approximate surface area is 134 Å². The fraction of sp³-hybridized carbons (Fsp3) is 0.667. The number of rotatable bonds is 5. The highest BCUT2D eigenvalue weighted by Gasteiger charge is 2.27. The molecule has 0 amide bonds. The maximum Gasteiger partial charge on any atom is 0.122 e. The molecule has 0 aromatic heterocycles. The second-order valence-electron chi connectivity index (χ2n) is 6.26. The summed E-state index contributed by atoms with van der Waals surface area (Å²) in [5.41, 5.74) is 4.46. The van der Waals surface area contributed by atoms with E-state index >= 15 is 0 Å². The Hall–Kier alpha value is -1.10.